The molecule has 0 aromatic heterocycles. The molecule has 2 aromatic carbocycles. The van der Waals surface area contributed by atoms with Gasteiger partial charge < -0.3 is 10.2 Å². The van der Waals surface area contributed by atoms with E-state index in [9.17, 15) is 9.59 Å². The molecule has 0 bridgehead atoms. The predicted molar refractivity (Wildman–Crippen MR) is 100 cm³/mol. The monoisotopic (exact) mass is 388 g/mol. The highest BCUT2D eigenvalue weighted by Crippen LogP contribution is 2.20. The SMILES string of the molecule is CCc1ccccc1N(CCNC(=O)c1cccc(Br)c1)C(C)=O. The van der Waals surface area contributed by atoms with Crippen molar-refractivity contribution in [2.75, 3.05) is 18.0 Å². The lowest BCUT2D eigenvalue weighted by atomic mass is 10.1. The van der Waals surface area contributed by atoms with Gasteiger partial charge in [0.05, 0.1) is 0 Å². The van der Waals surface area contributed by atoms with Crippen molar-refractivity contribution < 1.29 is 9.59 Å². The Labute approximate surface area is 151 Å². The molecular weight excluding hydrogens is 368 g/mol. The summed E-state index contributed by atoms with van der Waals surface area (Å²) in [6, 6.07) is 15.1. The van der Waals surface area contributed by atoms with Crippen LogP contribution < -0.4 is 10.2 Å². The van der Waals surface area contributed by atoms with Crippen LogP contribution >= 0.6 is 15.9 Å². The molecule has 2 aromatic rings. The van der Waals surface area contributed by atoms with Crippen molar-refractivity contribution in [2.45, 2.75) is 20.3 Å². The van der Waals surface area contributed by atoms with E-state index in [4.69, 9.17) is 0 Å². The molecule has 0 aliphatic rings. The van der Waals surface area contributed by atoms with Crippen LogP contribution in [0.25, 0.3) is 0 Å². The first-order chi connectivity index (χ1) is 11.5. The molecular formula is C19H21BrN2O2. The largest absolute Gasteiger partial charge is 0.350 e. The first kappa shape index (κ1) is 18.2. The molecule has 0 aliphatic carbocycles. The third-order valence-corrected chi connectivity index (χ3v) is 4.24. The second-order valence-corrected chi connectivity index (χ2v) is 6.33. The van der Waals surface area contributed by atoms with Gasteiger partial charge in [-0.3, -0.25) is 9.59 Å². The van der Waals surface area contributed by atoms with Crippen molar-refractivity contribution in [3.05, 3.63) is 64.1 Å². The predicted octanol–water partition coefficient (Wildman–Crippen LogP) is 3.79. The zero-order valence-corrected chi connectivity index (χ0v) is 15.5. The van der Waals surface area contributed by atoms with Gasteiger partial charge in [0.25, 0.3) is 5.91 Å². The number of hydrogen-bond acceptors (Lipinski definition) is 2. The van der Waals surface area contributed by atoms with E-state index >= 15 is 0 Å². The number of nitrogens with zero attached hydrogens (tertiary/aromatic N) is 1. The van der Waals surface area contributed by atoms with Crippen molar-refractivity contribution >= 4 is 33.4 Å². The van der Waals surface area contributed by atoms with Gasteiger partial charge >= 0.3 is 0 Å². The van der Waals surface area contributed by atoms with Crippen molar-refractivity contribution in [3.63, 3.8) is 0 Å². The third kappa shape index (κ3) is 4.68. The summed E-state index contributed by atoms with van der Waals surface area (Å²) in [5.41, 5.74) is 2.61. The number of amides is 2. The Morgan fingerprint density at radius 3 is 2.54 bits per heavy atom. The van der Waals surface area contributed by atoms with Crippen molar-refractivity contribution in [3.8, 4) is 0 Å². The molecule has 2 amide bonds. The van der Waals surface area contributed by atoms with Gasteiger partial charge in [0.1, 0.15) is 0 Å². The topological polar surface area (TPSA) is 49.4 Å². The van der Waals surface area contributed by atoms with Crippen molar-refractivity contribution in [1.29, 1.82) is 0 Å². The Kier molecular flexibility index (Phi) is 6.55. The molecule has 0 spiro atoms. The molecule has 5 heteroatoms. The summed E-state index contributed by atoms with van der Waals surface area (Å²) in [5.74, 6) is -0.184. The number of rotatable bonds is 6. The van der Waals surface area contributed by atoms with E-state index in [1.807, 2.05) is 36.4 Å². The molecule has 0 heterocycles. The number of anilines is 1. The highest BCUT2D eigenvalue weighted by Gasteiger charge is 2.14. The molecule has 0 saturated heterocycles. The maximum Gasteiger partial charge on any atom is 0.251 e. The van der Waals surface area contributed by atoms with Crippen molar-refractivity contribution in [1.82, 2.24) is 5.32 Å². The van der Waals surface area contributed by atoms with Crippen molar-refractivity contribution in [2.24, 2.45) is 0 Å². The maximum absolute atomic E-state index is 12.2. The quantitative estimate of drug-likeness (QED) is 0.817. The number of para-hydroxylation sites is 1. The number of carbonyl (C=O) groups is 2. The molecule has 0 fully saturated rings. The Morgan fingerprint density at radius 2 is 1.88 bits per heavy atom. The van der Waals surface area contributed by atoms with Crippen LogP contribution in [-0.2, 0) is 11.2 Å². The third-order valence-electron chi connectivity index (χ3n) is 3.75. The Bertz CT molecular complexity index is 731. The smallest absolute Gasteiger partial charge is 0.251 e. The fourth-order valence-corrected chi connectivity index (χ4v) is 2.93. The fraction of sp³-hybridized carbons (Fsp3) is 0.263. The van der Waals surface area contributed by atoms with E-state index in [2.05, 4.69) is 28.2 Å². The highest BCUT2D eigenvalue weighted by molar-refractivity contribution is 9.10. The molecule has 0 atom stereocenters. The lowest BCUT2D eigenvalue weighted by Crippen LogP contribution is -2.38. The molecule has 1 N–H and O–H groups in total. The standard InChI is InChI=1S/C19H21BrN2O2/c1-3-15-7-4-5-10-18(15)22(14(2)23)12-11-21-19(24)16-8-6-9-17(20)13-16/h4-10,13H,3,11-12H2,1-2H3,(H,21,24). The van der Waals surface area contributed by atoms with Gasteiger partial charge in [-0.25, -0.2) is 0 Å². The minimum Gasteiger partial charge on any atom is -0.350 e. The van der Waals surface area contributed by atoms with Crippen LogP contribution in [0.2, 0.25) is 0 Å². The summed E-state index contributed by atoms with van der Waals surface area (Å²) in [5, 5.41) is 2.87. The summed E-state index contributed by atoms with van der Waals surface area (Å²) in [4.78, 5) is 25.9. The molecule has 0 aliphatic heterocycles. The first-order valence-corrected chi connectivity index (χ1v) is 8.72. The maximum atomic E-state index is 12.2. The summed E-state index contributed by atoms with van der Waals surface area (Å²) < 4.78 is 0.859. The number of benzene rings is 2. The van der Waals surface area contributed by atoms with E-state index in [0.717, 1.165) is 22.1 Å². The molecule has 126 valence electrons. The molecule has 24 heavy (non-hydrogen) atoms. The lowest BCUT2D eigenvalue weighted by molar-refractivity contribution is -0.116. The van der Waals surface area contributed by atoms with Gasteiger partial charge in [-0.1, -0.05) is 47.1 Å². The van der Waals surface area contributed by atoms with Gasteiger partial charge in [-0.15, -0.1) is 0 Å². The summed E-state index contributed by atoms with van der Waals surface area (Å²) >= 11 is 3.35. The van der Waals surface area contributed by atoms with Gasteiger partial charge in [0.2, 0.25) is 5.91 Å². The zero-order valence-electron chi connectivity index (χ0n) is 13.9. The summed E-state index contributed by atoms with van der Waals surface area (Å²) in [7, 11) is 0. The summed E-state index contributed by atoms with van der Waals surface area (Å²) in [6.45, 7) is 4.43. The number of carbonyl (C=O) groups excluding carboxylic acids is 2. The average Bonchev–Trinajstić information content (AvgIpc) is 2.58. The Morgan fingerprint density at radius 1 is 1.12 bits per heavy atom. The second kappa shape index (κ2) is 8.64. The van der Waals surface area contributed by atoms with Gasteiger partial charge in [0, 0.05) is 35.7 Å². The average molecular weight is 389 g/mol. The van der Waals surface area contributed by atoms with E-state index in [1.54, 1.807) is 24.0 Å². The van der Waals surface area contributed by atoms with E-state index < -0.39 is 0 Å². The van der Waals surface area contributed by atoms with E-state index in [0.29, 0.717) is 18.7 Å². The fourth-order valence-electron chi connectivity index (χ4n) is 2.53. The van der Waals surface area contributed by atoms with E-state index in [1.165, 1.54) is 0 Å². The van der Waals surface area contributed by atoms with Gasteiger partial charge in [-0.2, -0.15) is 0 Å². The van der Waals surface area contributed by atoms with Crippen LogP contribution in [-0.4, -0.2) is 24.9 Å². The van der Waals surface area contributed by atoms with Crippen LogP contribution in [0, 0.1) is 0 Å². The van der Waals surface area contributed by atoms with Crippen LogP contribution in [0.4, 0.5) is 5.69 Å². The molecule has 2 rings (SSSR count). The Hall–Kier alpha value is -2.14. The minimum atomic E-state index is -0.149. The number of hydrogen-bond donors (Lipinski definition) is 1. The number of nitrogens with one attached hydrogen (secondary N) is 1. The van der Waals surface area contributed by atoms with Crippen LogP contribution in [0.15, 0.2) is 53.0 Å². The normalized spacial score (nSPS) is 10.3. The van der Waals surface area contributed by atoms with Gasteiger partial charge in [0.15, 0.2) is 0 Å². The zero-order chi connectivity index (χ0) is 17.5. The Balaban J connectivity index is 2.02. The lowest BCUT2D eigenvalue weighted by Gasteiger charge is -2.24. The molecule has 0 unspecified atom stereocenters. The molecule has 0 radical (unpaired) electrons. The number of aryl methyl sites for hydroxylation is 1. The molecule has 0 saturated carbocycles. The highest BCUT2D eigenvalue weighted by atomic mass is 79.9. The van der Waals surface area contributed by atoms with Crippen LogP contribution in [0.3, 0.4) is 0 Å². The van der Waals surface area contributed by atoms with Crippen LogP contribution in [0.5, 0.6) is 0 Å². The second-order valence-electron chi connectivity index (χ2n) is 5.42. The molecule has 4 nitrogen and oxygen atoms in total. The first-order valence-electron chi connectivity index (χ1n) is 7.92. The van der Waals surface area contributed by atoms with Crippen LogP contribution in [0.1, 0.15) is 29.8 Å². The number of halogens is 1. The summed E-state index contributed by atoms with van der Waals surface area (Å²) in [6.07, 6.45) is 0.852. The van der Waals surface area contributed by atoms with Gasteiger partial charge in [-0.05, 0) is 36.2 Å². The van der Waals surface area contributed by atoms with E-state index in [-0.39, 0.29) is 11.8 Å². The minimum absolute atomic E-state index is 0.0346.